The normalized spacial score (nSPS) is 13.0. The molecule has 1 aliphatic heterocycles. The van der Waals surface area contributed by atoms with Gasteiger partial charge in [-0.1, -0.05) is 72.8 Å². The summed E-state index contributed by atoms with van der Waals surface area (Å²) in [4.78, 5) is 26.7. The lowest BCUT2D eigenvalue weighted by molar-refractivity contribution is -0.125. The van der Waals surface area contributed by atoms with Gasteiger partial charge in [-0.25, -0.2) is 0 Å². The van der Waals surface area contributed by atoms with Crippen molar-refractivity contribution in [1.29, 1.82) is 0 Å². The number of hydrogen-bond acceptors (Lipinski definition) is 3. The molecule has 0 saturated carbocycles. The number of nitrogens with one attached hydrogen (secondary N) is 1. The Kier molecular flexibility index (Phi) is 5.06. The van der Waals surface area contributed by atoms with Crippen LogP contribution in [0.15, 0.2) is 84.9 Å². The molecule has 0 spiro atoms. The van der Waals surface area contributed by atoms with Crippen molar-refractivity contribution >= 4 is 17.5 Å². The summed E-state index contributed by atoms with van der Waals surface area (Å²) in [6.07, 6.45) is 0. The first-order valence-electron chi connectivity index (χ1n) is 9.14. The molecule has 0 radical (unpaired) electrons. The van der Waals surface area contributed by atoms with Crippen molar-refractivity contribution in [2.75, 3.05) is 18.1 Å². The van der Waals surface area contributed by atoms with Crippen molar-refractivity contribution in [3.05, 3.63) is 96.1 Å². The molecule has 1 N–H and O–H groups in total. The summed E-state index contributed by atoms with van der Waals surface area (Å²) in [5, 5.41) is 3.07. The van der Waals surface area contributed by atoms with Crippen LogP contribution < -0.4 is 15.0 Å². The fraction of sp³-hybridized carbons (Fsp3) is 0.130. The van der Waals surface area contributed by atoms with Crippen molar-refractivity contribution in [2.24, 2.45) is 0 Å². The number of hydrogen-bond donors (Lipinski definition) is 1. The summed E-state index contributed by atoms with van der Waals surface area (Å²) in [5.41, 5.74) is 2.58. The lowest BCUT2D eigenvalue weighted by Crippen LogP contribution is -2.45. The van der Waals surface area contributed by atoms with E-state index in [0.717, 1.165) is 11.1 Å². The number of para-hydroxylation sites is 2. The minimum Gasteiger partial charge on any atom is -0.482 e. The Labute approximate surface area is 163 Å². The molecule has 140 valence electrons. The maximum absolute atomic E-state index is 12.9. The van der Waals surface area contributed by atoms with Crippen LogP contribution in [0.25, 0.3) is 0 Å². The first kappa shape index (κ1) is 17.8. The number of anilines is 1. The zero-order valence-corrected chi connectivity index (χ0v) is 15.2. The molecule has 3 aromatic rings. The van der Waals surface area contributed by atoms with Gasteiger partial charge < -0.3 is 10.1 Å². The third-order valence-corrected chi connectivity index (χ3v) is 4.68. The SMILES string of the molecule is O=C(CN1C(=O)COc2ccccc21)NC(c1ccccc1)c1ccccc1. The fourth-order valence-electron chi connectivity index (χ4n) is 3.33. The largest absolute Gasteiger partial charge is 0.482 e. The van der Waals surface area contributed by atoms with Crippen molar-refractivity contribution in [2.45, 2.75) is 6.04 Å². The van der Waals surface area contributed by atoms with E-state index in [1.54, 1.807) is 12.1 Å². The van der Waals surface area contributed by atoms with Gasteiger partial charge >= 0.3 is 0 Å². The van der Waals surface area contributed by atoms with Crippen LogP contribution in [0.1, 0.15) is 17.2 Å². The van der Waals surface area contributed by atoms with Crippen molar-refractivity contribution in [1.82, 2.24) is 5.32 Å². The highest BCUT2D eigenvalue weighted by Crippen LogP contribution is 2.31. The molecule has 0 aromatic heterocycles. The first-order valence-corrected chi connectivity index (χ1v) is 9.14. The lowest BCUT2D eigenvalue weighted by atomic mass is 9.98. The second kappa shape index (κ2) is 7.96. The van der Waals surface area contributed by atoms with E-state index < -0.39 is 0 Å². The summed E-state index contributed by atoms with van der Waals surface area (Å²) in [5.74, 6) is 0.144. The van der Waals surface area contributed by atoms with Crippen LogP contribution in [-0.4, -0.2) is 25.0 Å². The molecule has 0 saturated heterocycles. The Morgan fingerprint density at radius 3 is 2.11 bits per heavy atom. The summed E-state index contributed by atoms with van der Waals surface area (Å²) < 4.78 is 5.44. The fourth-order valence-corrected chi connectivity index (χ4v) is 3.33. The third kappa shape index (κ3) is 3.74. The molecule has 0 atom stereocenters. The van der Waals surface area contributed by atoms with Gasteiger partial charge in [-0.3, -0.25) is 14.5 Å². The molecule has 0 fully saturated rings. The molecule has 1 heterocycles. The number of rotatable bonds is 5. The van der Waals surface area contributed by atoms with Crippen LogP contribution in [0.5, 0.6) is 5.75 Å². The van der Waals surface area contributed by atoms with Crippen LogP contribution in [0.4, 0.5) is 5.69 Å². The Hall–Kier alpha value is -3.60. The van der Waals surface area contributed by atoms with Gasteiger partial charge in [0.05, 0.1) is 11.7 Å². The molecule has 0 aliphatic carbocycles. The predicted molar refractivity (Wildman–Crippen MR) is 107 cm³/mol. The number of amides is 2. The molecular formula is C23H20N2O3. The van der Waals surface area contributed by atoms with E-state index in [1.165, 1.54) is 4.90 Å². The number of fused-ring (bicyclic) bond motifs is 1. The van der Waals surface area contributed by atoms with E-state index >= 15 is 0 Å². The van der Waals surface area contributed by atoms with Gasteiger partial charge in [0.1, 0.15) is 12.3 Å². The standard InChI is InChI=1S/C23H20N2O3/c26-21(15-25-19-13-7-8-14-20(19)28-16-22(25)27)24-23(17-9-3-1-4-10-17)18-11-5-2-6-12-18/h1-14,23H,15-16H2,(H,24,26). The molecule has 0 unspecified atom stereocenters. The van der Waals surface area contributed by atoms with Crippen molar-refractivity contribution in [3.8, 4) is 5.75 Å². The smallest absolute Gasteiger partial charge is 0.265 e. The average Bonchev–Trinajstić information content (AvgIpc) is 2.75. The van der Waals surface area contributed by atoms with E-state index in [2.05, 4.69) is 5.32 Å². The summed E-state index contributed by atoms with van der Waals surface area (Å²) in [7, 11) is 0. The van der Waals surface area contributed by atoms with E-state index in [1.807, 2.05) is 72.8 Å². The molecule has 5 heteroatoms. The second-order valence-corrected chi connectivity index (χ2v) is 6.56. The zero-order chi connectivity index (χ0) is 19.3. The topological polar surface area (TPSA) is 58.6 Å². The summed E-state index contributed by atoms with van der Waals surface area (Å²) in [6, 6.07) is 26.5. The third-order valence-electron chi connectivity index (χ3n) is 4.68. The highest BCUT2D eigenvalue weighted by molar-refractivity contribution is 6.02. The van der Waals surface area contributed by atoms with Gasteiger partial charge in [-0.05, 0) is 23.3 Å². The van der Waals surface area contributed by atoms with Gasteiger partial charge in [-0.15, -0.1) is 0 Å². The van der Waals surface area contributed by atoms with Crippen molar-refractivity contribution in [3.63, 3.8) is 0 Å². The summed E-state index contributed by atoms with van der Waals surface area (Å²) in [6.45, 7) is -0.125. The van der Waals surface area contributed by atoms with E-state index in [-0.39, 0.29) is 31.0 Å². The Bertz CT molecular complexity index is 934. The molecule has 3 aromatic carbocycles. The lowest BCUT2D eigenvalue weighted by Gasteiger charge is -2.29. The molecule has 28 heavy (non-hydrogen) atoms. The maximum atomic E-state index is 12.9. The highest BCUT2D eigenvalue weighted by Gasteiger charge is 2.28. The highest BCUT2D eigenvalue weighted by atomic mass is 16.5. The number of carbonyl (C=O) groups excluding carboxylic acids is 2. The Morgan fingerprint density at radius 1 is 0.893 bits per heavy atom. The van der Waals surface area contributed by atoms with Gasteiger partial charge in [0.2, 0.25) is 5.91 Å². The van der Waals surface area contributed by atoms with Crippen LogP contribution in [0.2, 0.25) is 0 Å². The average molecular weight is 372 g/mol. The quantitative estimate of drug-likeness (QED) is 0.747. The predicted octanol–water partition coefficient (Wildman–Crippen LogP) is 3.32. The monoisotopic (exact) mass is 372 g/mol. The first-order chi connectivity index (χ1) is 13.7. The van der Waals surface area contributed by atoms with Gasteiger partial charge in [0.15, 0.2) is 6.61 Å². The van der Waals surface area contributed by atoms with E-state index in [9.17, 15) is 9.59 Å². The van der Waals surface area contributed by atoms with Crippen LogP contribution in [0.3, 0.4) is 0 Å². The minimum atomic E-state index is -0.290. The number of benzene rings is 3. The maximum Gasteiger partial charge on any atom is 0.265 e. The van der Waals surface area contributed by atoms with Gasteiger partial charge in [0, 0.05) is 0 Å². The Morgan fingerprint density at radius 2 is 1.46 bits per heavy atom. The zero-order valence-electron chi connectivity index (χ0n) is 15.2. The molecule has 2 amide bonds. The van der Waals surface area contributed by atoms with Gasteiger partial charge in [-0.2, -0.15) is 0 Å². The second-order valence-electron chi connectivity index (χ2n) is 6.56. The molecular weight excluding hydrogens is 352 g/mol. The van der Waals surface area contributed by atoms with E-state index in [4.69, 9.17) is 4.74 Å². The Balaban J connectivity index is 1.57. The van der Waals surface area contributed by atoms with Crippen LogP contribution >= 0.6 is 0 Å². The number of carbonyl (C=O) groups is 2. The molecule has 5 nitrogen and oxygen atoms in total. The van der Waals surface area contributed by atoms with Crippen LogP contribution in [0, 0.1) is 0 Å². The van der Waals surface area contributed by atoms with Crippen LogP contribution in [-0.2, 0) is 9.59 Å². The number of nitrogens with zero attached hydrogens (tertiary/aromatic N) is 1. The summed E-state index contributed by atoms with van der Waals surface area (Å²) >= 11 is 0. The molecule has 4 rings (SSSR count). The molecule has 1 aliphatic rings. The van der Waals surface area contributed by atoms with Gasteiger partial charge in [0.25, 0.3) is 5.91 Å². The number of ether oxygens (including phenoxy) is 1. The minimum absolute atomic E-state index is 0.0601. The molecule has 0 bridgehead atoms. The van der Waals surface area contributed by atoms with E-state index in [0.29, 0.717) is 11.4 Å². The van der Waals surface area contributed by atoms with Crippen molar-refractivity contribution < 1.29 is 14.3 Å².